The van der Waals surface area contributed by atoms with Crippen LogP contribution in [0.15, 0.2) is 39.9 Å². The highest BCUT2D eigenvalue weighted by atomic mass is 16.5. The van der Waals surface area contributed by atoms with Gasteiger partial charge in [0.1, 0.15) is 5.75 Å². The Balaban J connectivity index is 2.22. The second-order valence-corrected chi connectivity index (χ2v) is 4.76. The minimum Gasteiger partial charge on any atom is -0.496 e. The van der Waals surface area contributed by atoms with Gasteiger partial charge in [0.2, 0.25) is 0 Å². The van der Waals surface area contributed by atoms with E-state index < -0.39 is 11.2 Å². The molecule has 22 heavy (non-hydrogen) atoms. The Kier molecular flexibility index (Phi) is 4.45. The summed E-state index contributed by atoms with van der Waals surface area (Å²) in [6.45, 7) is 0.0682. The monoisotopic (exact) mass is 303 g/mol. The third-order valence-corrected chi connectivity index (χ3v) is 3.41. The molecule has 1 N–H and O–H groups in total. The molecule has 0 atom stereocenters. The number of para-hydroxylation sites is 1. The van der Waals surface area contributed by atoms with Crippen LogP contribution in [0.25, 0.3) is 0 Å². The highest BCUT2D eigenvalue weighted by Gasteiger charge is 2.12. The van der Waals surface area contributed by atoms with Crippen LogP contribution in [0.5, 0.6) is 5.75 Å². The molecule has 7 nitrogen and oxygen atoms in total. The number of carbonyl (C=O) groups is 1. The number of methoxy groups -OCH3 is 1. The fraction of sp³-hybridized carbons (Fsp3) is 0.267. The van der Waals surface area contributed by atoms with Crippen molar-refractivity contribution in [2.75, 3.05) is 7.11 Å². The van der Waals surface area contributed by atoms with Crippen molar-refractivity contribution < 1.29 is 9.53 Å². The predicted molar refractivity (Wildman–Crippen MR) is 81.1 cm³/mol. The zero-order valence-electron chi connectivity index (χ0n) is 12.6. The van der Waals surface area contributed by atoms with Gasteiger partial charge in [-0.25, -0.2) is 4.79 Å². The lowest BCUT2D eigenvalue weighted by molar-refractivity contribution is 0.0947. The summed E-state index contributed by atoms with van der Waals surface area (Å²) < 4.78 is 7.46. The molecule has 0 saturated carbocycles. The molecule has 1 heterocycles. The molecule has 0 aliphatic rings. The molecule has 1 aromatic carbocycles. The topological polar surface area (TPSA) is 82.3 Å². The Morgan fingerprint density at radius 3 is 2.55 bits per heavy atom. The molecule has 1 amide bonds. The van der Waals surface area contributed by atoms with Crippen LogP contribution in [0.3, 0.4) is 0 Å². The third kappa shape index (κ3) is 2.93. The van der Waals surface area contributed by atoms with E-state index in [-0.39, 0.29) is 12.5 Å². The van der Waals surface area contributed by atoms with Crippen LogP contribution < -0.4 is 21.3 Å². The maximum Gasteiger partial charge on any atom is 0.330 e. The van der Waals surface area contributed by atoms with Crippen molar-refractivity contribution in [1.82, 2.24) is 14.5 Å². The van der Waals surface area contributed by atoms with Crippen LogP contribution in [0.2, 0.25) is 0 Å². The molecular weight excluding hydrogens is 286 g/mol. The lowest BCUT2D eigenvalue weighted by Crippen LogP contribution is -2.39. The summed E-state index contributed by atoms with van der Waals surface area (Å²) in [7, 11) is 4.44. The first-order valence-corrected chi connectivity index (χ1v) is 6.63. The van der Waals surface area contributed by atoms with Crippen LogP contribution >= 0.6 is 0 Å². The maximum atomic E-state index is 12.2. The SMILES string of the molecule is COc1ccccc1C(=O)NCc1cc(=O)n(C)c(=O)n1C. The van der Waals surface area contributed by atoms with Crippen molar-refractivity contribution in [3.05, 3.63) is 62.4 Å². The molecule has 0 radical (unpaired) electrons. The molecule has 0 unspecified atom stereocenters. The van der Waals surface area contributed by atoms with E-state index in [0.29, 0.717) is 17.0 Å². The van der Waals surface area contributed by atoms with Crippen molar-refractivity contribution in [2.45, 2.75) is 6.54 Å². The van der Waals surface area contributed by atoms with E-state index in [1.54, 1.807) is 31.3 Å². The first-order chi connectivity index (χ1) is 10.5. The summed E-state index contributed by atoms with van der Waals surface area (Å²) in [6.07, 6.45) is 0. The average Bonchev–Trinajstić information content (AvgIpc) is 2.54. The number of nitrogens with one attached hydrogen (secondary N) is 1. The van der Waals surface area contributed by atoms with Crippen molar-refractivity contribution in [3.8, 4) is 5.75 Å². The number of rotatable bonds is 4. The number of amides is 1. The first kappa shape index (κ1) is 15.6. The fourth-order valence-electron chi connectivity index (χ4n) is 2.05. The van der Waals surface area contributed by atoms with Gasteiger partial charge in [-0.2, -0.15) is 0 Å². The molecule has 116 valence electrons. The highest BCUT2D eigenvalue weighted by Crippen LogP contribution is 2.16. The van der Waals surface area contributed by atoms with E-state index in [4.69, 9.17) is 4.74 Å². The van der Waals surface area contributed by atoms with Gasteiger partial charge < -0.3 is 10.1 Å². The van der Waals surface area contributed by atoms with E-state index in [0.717, 1.165) is 4.57 Å². The zero-order chi connectivity index (χ0) is 16.3. The minimum absolute atomic E-state index is 0.0682. The van der Waals surface area contributed by atoms with Gasteiger partial charge in [-0.1, -0.05) is 12.1 Å². The summed E-state index contributed by atoms with van der Waals surface area (Å²) in [4.78, 5) is 35.6. The van der Waals surface area contributed by atoms with Crippen LogP contribution in [-0.2, 0) is 20.6 Å². The van der Waals surface area contributed by atoms with Gasteiger partial charge in [-0.3, -0.25) is 18.7 Å². The van der Waals surface area contributed by atoms with E-state index in [1.165, 1.54) is 24.8 Å². The number of carbonyl (C=O) groups excluding carboxylic acids is 1. The number of benzene rings is 1. The standard InChI is InChI=1S/C15H17N3O4/c1-17-10(8-13(19)18(2)15(17)21)9-16-14(20)11-6-4-5-7-12(11)22-3/h4-8H,9H2,1-3H3,(H,16,20). The molecular formula is C15H17N3O4. The Morgan fingerprint density at radius 1 is 1.18 bits per heavy atom. The molecule has 1 aromatic heterocycles. The Hall–Kier alpha value is -2.83. The summed E-state index contributed by atoms with van der Waals surface area (Å²) in [5, 5.41) is 2.68. The summed E-state index contributed by atoms with van der Waals surface area (Å²) in [5.41, 5.74) is -0.0335. The molecule has 0 fully saturated rings. The van der Waals surface area contributed by atoms with E-state index in [1.807, 2.05) is 0 Å². The highest BCUT2D eigenvalue weighted by molar-refractivity contribution is 5.96. The quantitative estimate of drug-likeness (QED) is 0.863. The molecule has 0 bridgehead atoms. The van der Waals surface area contributed by atoms with Gasteiger partial charge in [-0.05, 0) is 12.1 Å². The van der Waals surface area contributed by atoms with Crippen molar-refractivity contribution in [2.24, 2.45) is 14.1 Å². The molecule has 2 aromatic rings. The van der Waals surface area contributed by atoms with Gasteiger partial charge in [-0.15, -0.1) is 0 Å². The van der Waals surface area contributed by atoms with Crippen LogP contribution in [0.1, 0.15) is 16.1 Å². The predicted octanol–water partition coefficient (Wildman–Crippen LogP) is 0.0226. The van der Waals surface area contributed by atoms with E-state index in [2.05, 4.69) is 5.32 Å². The van der Waals surface area contributed by atoms with Gasteiger partial charge in [0, 0.05) is 25.9 Å². The van der Waals surface area contributed by atoms with Crippen molar-refractivity contribution in [3.63, 3.8) is 0 Å². The zero-order valence-corrected chi connectivity index (χ0v) is 12.6. The molecule has 2 rings (SSSR count). The summed E-state index contributed by atoms with van der Waals surface area (Å²) >= 11 is 0. The maximum absolute atomic E-state index is 12.2. The van der Waals surface area contributed by atoms with Gasteiger partial charge in [0.15, 0.2) is 0 Å². The number of ether oxygens (including phenoxy) is 1. The van der Waals surface area contributed by atoms with Gasteiger partial charge in [0.05, 0.1) is 19.2 Å². The third-order valence-electron chi connectivity index (χ3n) is 3.41. The number of aromatic nitrogens is 2. The fourth-order valence-corrected chi connectivity index (χ4v) is 2.05. The summed E-state index contributed by atoms with van der Waals surface area (Å²) in [6, 6.07) is 8.13. The van der Waals surface area contributed by atoms with Crippen molar-refractivity contribution >= 4 is 5.91 Å². The average molecular weight is 303 g/mol. The molecule has 0 aliphatic carbocycles. The normalized spacial score (nSPS) is 10.3. The largest absolute Gasteiger partial charge is 0.496 e. The van der Waals surface area contributed by atoms with Crippen molar-refractivity contribution in [1.29, 1.82) is 0 Å². The van der Waals surface area contributed by atoms with Crippen LogP contribution in [-0.4, -0.2) is 22.2 Å². The van der Waals surface area contributed by atoms with E-state index in [9.17, 15) is 14.4 Å². The second kappa shape index (κ2) is 6.30. The summed E-state index contributed by atoms with van der Waals surface area (Å²) in [5.74, 6) is 0.114. The molecule has 0 spiro atoms. The Morgan fingerprint density at radius 2 is 1.86 bits per heavy atom. The first-order valence-electron chi connectivity index (χ1n) is 6.63. The second-order valence-electron chi connectivity index (χ2n) is 4.76. The lowest BCUT2D eigenvalue weighted by atomic mass is 10.2. The van der Waals surface area contributed by atoms with Gasteiger partial charge in [0.25, 0.3) is 11.5 Å². The number of hydrogen-bond acceptors (Lipinski definition) is 4. The van der Waals surface area contributed by atoms with E-state index >= 15 is 0 Å². The minimum atomic E-state index is -0.436. The van der Waals surface area contributed by atoms with Crippen LogP contribution in [0, 0.1) is 0 Å². The lowest BCUT2D eigenvalue weighted by Gasteiger charge is -2.12. The number of nitrogens with zero attached hydrogens (tertiary/aromatic N) is 2. The molecule has 0 aliphatic heterocycles. The van der Waals surface area contributed by atoms with Crippen LogP contribution in [0.4, 0.5) is 0 Å². The Bertz CT molecular complexity index is 820. The molecule has 7 heteroatoms. The smallest absolute Gasteiger partial charge is 0.330 e. The Labute approximate surface area is 126 Å². The number of hydrogen-bond donors (Lipinski definition) is 1. The molecule has 0 saturated heterocycles. The van der Waals surface area contributed by atoms with Gasteiger partial charge >= 0.3 is 5.69 Å².